The van der Waals surface area contributed by atoms with Gasteiger partial charge in [-0.1, -0.05) is 35.6 Å². The van der Waals surface area contributed by atoms with Gasteiger partial charge in [0.15, 0.2) is 5.13 Å². The fraction of sp³-hybridized carbons (Fsp3) is 0.182. The lowest BCUT2D eigenvalue weighted by Crippen LogP contribution is -2.15. The summed E-state index contributed by atoms with van der Waals surface area (Å²) in [4.78, 5) is 41.6. The van der Waals surface area contributed by atoms with E-state index in [4.69, 9.17) is 4.74 Å². The van der Waals surface area contributed by atoms with E-state index in [1.165, 1.54) is 0 Å². The molecule has 2 amide bonds. The number of aromatic nitrogens is 1. The van der Waals surface area contributed by atoms with Gasteiger partial charge in [-0.15, -0.1) is 0 Å². The van der Waals surface area contributed by atoms with Gasteiger partial charge < -0.3 is 10.1 Å². The number of ether oxygens (including phenoxy) is 1. The van der Waals surface area contributed by atoms with Crippen molar-refractivity contribution in [3.63, 3.8) is 0 Å². The van der Waals surface area contributed by atoms with E-state index in [0.29, 0.717) is 32.5 Å². The monoisotopic (exact) mass is 423 g/mol. The largest absolute Gasteiger partial charge is 0.462 e. The van der Waals surface area contributed by atoms with Crippen LogP contribution in [0.2, 0.25) is 0 Å². The third-order valence-corrected chi connectivity index (χ3v) is 5.31. The lowest BCUT2D eigenvalue weighted by molar-refractivity contribution is 0.0530. The maximum Gasteiger partial charge on any atom is 0.350 e. The molecule has 8 heteroatoms. The number of nitrogens with one attached hydrogen (secondary N) is 2. The van der Waals surface area contributed by atoms with Gasteiger partial charge in [-0.2, -0.15) is 0 Å². The number of esters is 1. The molecule has 0 fully saturated rings. The third kappa shape index (κ3) is 4.90. The molecule has 0 radical (unpaired) electrons. The fourth-order valence-electron chi connectivity index (χ4n) is 2.69. The number of carbonyl (C=O) groups excluding carboxylic acids is 3. The average Bonchev–Trinajstić information content (AvgIpc) is 3.10. The van der Waals surface area contributed by atoms with Gasteiger partial charge in [-0.25, -0.2) is 9.78 Å². The normalized spacial score (nSPS) is 10.4. The van der Waals surface area contributed by atoms with Crippen molar-refractivity contribution in [2.24, 2.45) is 0 Å². The molecule has 0 saturated carbocycles. The fourth-order valence-corrected chi connectivity index (χ4v) is 3.54. The van der Waals surface area contributed by atoms with E-state index >= 15 is 0 Å². The zero-order valence-electron chi connectivity index (χ0n) is 16.8. The maximum atomic E-state index is 12.7. The van der Waals surface area contributed by atoms with Crippen LogP contribution in [0.25, 0.3) is 0 Å². The number of aryl methyl sites for hydroxylation is 2. The van der Waals surface area contributed by atoms with Gasteiger partial charge in [0, 0.05) is 16.8 Å². The first-order valence-corrected chi connectivity index (χ1v) is 10.1. The first kappa shape index (κ1) is 21.2. The molecule has 2 N–H and O–H groups in total. The topological polar surface area (TPSA) is 97.4 Å². The minimum atomic E-state index is -0.464. The van der Waals surface area contributed by atoms with Crippen molar-refractivity contribution in [3.8, 4) is 0 Å². The molecule has 1 heterocycles. The van der Waals surface area contributed by atoms with Gasteiger partial charge in [0.05, 0.1) is 12.3 Å². The molecule has 7 nitrogen and oxygen atoms in total. The second kappa shape index (κ2) is 9.32. The highest BCUT2D eigenvalue weighted by Crippen LogP contribution is 2.25. The van der Waals surface area contributed by atoms with Crippen LogP contribution in [0.5, 0.6) is 0 Å². The molecule has 0 bridgehead atoms. The second-order valence-corrected chi connectivity index (χ2v) is 7.46. The summed E-state index contributed by atoms with van der Waals surface area (Å²) in [5, 5.41) is 5.83. The molecule has 0 unspecified atom stereocenters. The van der Waals surface area contributed by atoms with Gasteiger partial charge in [0.25, 0.3) is 11.8 Å². The van der Waals surface area contributed by atoms with Crippen LogP contribution in [0.3, 0.4) is 0 Å². The first-order valence-electron chi connectivity index (χ1n) is 9.32. The quantitative estimate of drug-likeness (QED) is 0.571. The van der Waals surface area contributed by atoms with E-state index in [9.17, 15) is 14.4 Å². The van der Waals surface area contributed by atoms with E-state index in [1.54, 1.807) is 56.3 Å². The van der Waals surface area contributed by atoms with Crippen LogP contribution in [0.1, 0.15) is 48.6 Å². The van der Waals surface area contributed by atoms with Crippen molar-refractivity contribution in [1.82, 2.24) is 4.98 Å². The maximum absolute atomic E-state index is 12.7. The Kier molecular flexibility index (Phi) is 6.58. The highest BCUT2D eigenvalue weighted by atomic mass is 32.1. The van der Waals surface area contributed by atoms with Crippen molar-refractivity contribution in [2.75, 3.05) is 17.2 Å². The molecule has 3 aromatic rings. The summed E-state index contributed by atoms with van der Waals surface area (Å²) in [5.41, 5.74) is 2.74. The Balaban J connectivity index is 1.76. The summed E-state index contributed by atoms with van der Waals surface area (Å²) in [5.74, 6) is -1.12. The van der Waals surface area contributed by atoms with Gasteiger partial charge in [-0.3, -0.25) is 14.9 Å². The van der Waals surface area contributed by atoms with E-state index in [-0.39, 0.29) is 12.5 Å². The summed E-state index contributed by atoms with van der Waals surface area (Å²) in [6, 6.07) is 13.9. The van der Waals surface area contributed by atoms with Gasteiger partial charge in [0.1, 0.15) is 4.88 Å². The van der Waals surface area contributed by atoms with Crippen LogP contribution in [0, 0.1) is 13.8 Å². The van der Waals surface area contributed by atoms with Crippen LogP contribution >= 0.6 is 11.3 Å². The number of thiazole rings is 1. The minimum Gasteiger partial charge on any atom is -0.462 e. The van der Waals surface area contributed by atoms with Crippen LogP contribution in [0.4, 0.5) is 10.8 Å². The number of amides is 2. The lowest BCUT2D eigenvalue weighted by Gasteiger charge is -2.10. The molecular formula is C22H21N3O4S. The highest BCUT2D eigenvalue weighted by Gasteiger charge is 2.18. The summed E-state index contributed by atoms with van der Waals surface area (Å²) in [6.07, 6.45) is 0. The van der Waals surface area contributed by atoms with Crippen LogP contribution in [-0.2, 0) is 4.74 Å². The molecule has 0 spiro atoms. The Labute approximate surface area is 178 Å². The Morgan fingerprint density at radius 1 is 0.967 bits per heavy atom. The molecular weight excluding hydrogens is 402 g/mol. The molecule has 0 aliphatic rings. The first-order chi connectivity index (χ1) is 14.4. The summed E-state index contributed by atoms with van der Waals surface area (Å²) in [7, 11) is 0. The molecule has 30 heavy (non-hydrogen) atoms. The molecule has 1 aromatic heterocycles. The van der Waals surface area contributed by atoms with E-state index in [2.05, 4.69) is 15.6 Å². The Morgan fingerprint density at radius 2 is 1.67 bits per heavy atom. The predicted octanol–water partition coefficient (Wildman–Crippen LogP) is 4.44. The zero-order valence-corrected chi connectivity index (χ0v) is 17.6. The number of rotatable bonds is 6. The zero-order chi connectivity index (χ0) is 21.7. The number of carbonyl (C=O) groups is 3. The van der Waals surface area contributed by atoms with Gasteiger partial charge in [-0.05, 0) is 50.6 Å². The Hall–Kier alpha value is -3.52. The summed E-state index contributed by atoms with van der Waals surface area (Å²) >= 11 is 1.06. The number of nitrogens with zero attached hydrogens (tertiary/aromatic N) is 1. The average molecular weight is 423 g/mol. The van der Waals surface area contributed by atoms with Crippen LogP contribution < -0.4 is 10.6 Å². The van der Waals surface area contributed by atoms with Crippen LogP contribution in [-0.4, -0.2) is 29.4 Å². The third-order valence-electron chi connectivity index (χ3n) is 4.26. The number of hydrogen-bond donors (Lipinski definition) is 2. The van der Waals surface area contributed by atoms with Gasteiger partial charge >= 0.3 is 5.97 Å². The van der Waals surface area contributed by atoms with Crippen molar-refractivity contribution < 1.29 is 19.1 Å². The molecule has 0 aliphatic heterocycles. The van der Waals surface area contributed by atoms with E-state index in [0.717, 1.165) is 16.9 Å². The summed E-state index contributed by atoms with van der Waals surface area (Å²) in [6.45, 7) is 5.51. The number of benzene rings is 2. The second-order valence-electron chi connectivity index (χ2n) is 6.46. The Bertz CT molecular complexity index is 1090. The molecule has 0 saturated heterocycles. The summed E-state index contributed by atoms with van der Waals surface area (Å²) < 4.78 is 4.99. The smallest absolute Gasteiger partial charge is 0.350 e. The van der Waals surface area contributed by atoms with Crippen molar-refractivity contribution in [1.29, 1.82) is 0 Å². The molecule has 0 atom stereocenters. The standard InChI is InChI=1S/C22H21N3O4S/c1-4-29-21(28)18-14(3)23-22(30-18)25-20(27)16-11-10-13(2)17(12-16)24-19(26)15-8-6-5-7-9-15/h5-12H,4H2,1-3H3,(H,24,26)(H,23,25,27). The van der Waals surface area contributed by atoms with E-state index < -0.39 is 11.9 Å². The number of anilines is 2. The SMILES string of the molecule is CCOC(=O)c1sc(NC(=O)c2ccc(C)c(NC(=O)c3ccccc3)c2)nc1C. The number of hydrogen-bond acceptors (Lipinski definition) is 6. The molecule has 0 aliphatic carbocycles. The van der Waals surface area contributed by atoms with Crippen molar-refractivity contribution in [3.05, 3.63) is 75.8 Å². The van der Waals surface area contributed by atoms with Crippen molar-refractivity contribution in [2.45, 2.75) is 20.8 Å². The molecule has 2 aromatic carbocycles. The van der Waals surface area contributed by atoms with E-state index in [1.807, 2.05) is 13.0 Å². The molecule has 3 rings (SSSR count). The highest BCUT2D eigenvalue weighted by molar-refractivity contribution is 7.17. The molecule has 154 valence electrons. The van der Waals surface area contributed by atoms with Gasteiger partial charge in [0.2, 0.25) is 0 Å². The van der Waals surface area contributed by atoms with Crippen LogP contribution in [0.15, 0.2) is 48.5 Å². The lowest BCUT2D eigenvalue weighted by atomic mass is 10.1. The minimum absolute atomic E-state index is 0.258. The predicted molar refractivity (Wildman–Crippen MR) is 116 cm³/mol. The van der Waals surface area contributed by atoms with Crippen molar-refractivity contribution >= 4 is 39.9 Å². The Morgan fingerprint density at radius 3 is 2.37 bits per heavy atom.